The van der Waals surface area contributed by atoms with Gasteiger partial charge in [-0.2, -0.15) is 13.2 Å². The first kappa shape index (κ1) is 15.8. The van der Waals surface area contributed by atoms with Gasteiger partial charge in [-0.05, 0) is 18.9 Å². The second-order valence-electron chi connectivity index (χ2n) is 5.92. The average Bonchev–Trinajstić information content (AvgIpc) is 2.54. The maximum atomic E-state index is 13.2. The van der Waals surface area contributed by atoms with Crippen LogP contribution in [0.4, 0.5) is 19.0 Å². The van der Waals surface area contributed by atoms with Crippen molar-refractivity contribution < 1.29 is 13.2 Å². The molecule has 1 saturated carbocycles. The fourth-order valence-corrected chi connectivity index (χ4v) is 3.14. The van der Waals surface area contributed by atoms with Crippen molar-refractivity contribution in [2.45, 2.75) is 44.2 Å². The molecule has 3 rings (SSSR count). The van der Waals surface area contributed by atoms with E-state index in [2.05, 4.69) is 9.97 Å². The molecule has 0 atom stereocenters. The van der Waals surface area contributed by atoms with Crippen molar-refractivity contribution in [3.8, 4) is 11.4 Å². The largest absolute Gasteiger partial charge is 0.417 e. The van der Waals surface area contributed by atoms with Gasteiger partial charge in [-0.1, -0.05) is 37.5 Å². The molecule has 23 heavy (non-hydrogen) atoms. The van der Waals surface area contributed by atoms with E-state index in [1.807, 2.05) is 0 Å². The van der Waals surface area contributed by atoms with E-state index in [1.54, 1.807) is 12.1 Å². The van der Waals surface area contributed by atoms with Gasteiger partial charge in [-0.25, -0.2) is 9.97 Å². The summed E-state index contributed by atoms with van der Waals surface area (Å²) in [6.07, 6.45) is 0.968. The van der Waals surface area contributed by atoms with Crippen molar-refractivity contribution in [1.82, 2.24) is 9.97 Å². The summed E-state index contributed by atoms with van der Waals surface area (Å²) in [4.78, 5) is 8.45. The smallest absolute Gasteiger partial charge is 0.384 e. The zero-order chi connectivity index (χ0) is 16.4. The summed E-state index contributed by atoms with van der Waals surface area (Å²) >= 11 is 0. The van der Waals surface area contributed by atoms with Crippen LogP contribution in [-0.4, -0.2) is 9.97 Å². The molecule has 1 aliphatic carbocycles. The average molecular weight is 321 g/mol. The molecule has 3 nitrogen and oxygen atoms in total. The molecule has 1 aliphatic rings. The lowest BCUT2D eigenvalue weighted by molar-refractivity contribution is -0.137. The molecule has 122 valence electrons. The van der Waals surface area contributed by atoms with E-state index in [-0.39, 0.29) is 23.1 Å². The predicted molar refractivity (Wildman–Crippen MR) is 82.7 cm³/mol. The first-order valence-corrected chi connectivity index (χ1v) is 7.76. The van der Waals surface area contributed by atoms with Gasteiger partial charge in [0.1, 0.15) is 5.82 Å². The summed E-state index contributed by atoms with van der Waals surface area (Å²) in [5.74, 6) is 0.525. The van der Waals surface area contributed by atoms with Crippen molar-refractivity contribution >= 4 is 5.82 Å². The van der Waals surface area contributed by atoms with E-state index in [0.717, 1.165) is 37.4 Å². The fourth-order valence-electron chi connectivity index (χ4n) is 3.14. The van der Waals surface area contributed by atoms with Gasteiger partial charge in [-0.3, -0.25) is 0 Å². The summed E-state index contributed by atoms with van der Waals surface area (Å²) in [5, 5.41) is 0. The summed E-state index contributed by atoms with van der Waals surface area (Å²) in [7, 11) is 0. The number of nitrogens with two attached hydrogens (primary N) is 1. The first-order chi connectivity index (χ1) is 10.9. The maximum Gasteiger partial charge on any atom is 0.417 e. The van der Waals surface area contributed by atoms with E-state index < -0.39 is 11.7 Å². The van der Waals surface area contributed by atoms with Crippen LogP contribution in [0.5, 0.6) is 0 Å². The third kappa shape index (κ3) is 3.46. The molecule has 1 heterocycles. The summed E-state index contributed by atoms with van der Waals surface area (Å²) < 4.78 is 39.6. The Bertz CT molecular complexity index is 692. The summed E-state index contributed by atoms with van der Waals surface area (Å²) in [5.41, 5.74) is 5.82. The van der Waals surface area contributed by atoms with E-state index in [4.69, 9.17) is 5.73 Å². The van der Waals surface area contributed by atoms with Gasteiger partial charge in [0.15, 0.2) is 5.82 Å². The molecule has 0 aliphatic heterocycles. The maximum absolute atomic E-state index is 13.2. The molecule has 1 aromatic heterocycles. The molecule has 0 saturated heterocycles. The summed E-state index contributed by atoms with van der Waals surface area (Å²) in [6, 6.07) is 7.04. The molecular formula is C17H18F3N3. The Morgan fingerprint density at radius 3 is 2.39 bits per heavy atom. The molecular weight excluding hydrogens is 303 g/mol. The van der Waals surface area contributed by atoms with Gasteiger partial charge >= 0.3 is 6.18 Å². The molecule has 0 radical (unpaired) electrons. The number of halogens is 3. The Hall–Kier alpha value is -2.11. The van der Waals surface area contributed by atoms with Gasteiger partial charge in [-0.15, -0.1) is 0 Å². The molecule has 2 aromatic rings. The Kier molecular flexibility index (Phi) is 4.24. The highest BCUT2D eigenvalue weighted by atomic mass is 19.4. The minimum atomic E-state index is -4.45. The minimum absolute atomic E-state index is 0.0237. The number of rotatable bonds is 2. The Morgan fingerprint density at radius 1 is 1.00 bits per heavy atom. The highest BCUT2D eigenvalue weighted by Crippen LogP contribution is 2.37. The van der Waals surface area contributed by atoms with Crippen molar-refractivity contribution in [2.24, 2.45) is 0 Å². The number of hydrogen-bond acceptors (Lipinski definition) is 3. The monoisotopic (exact) mass is 321 g/mol. The third-order valence-electron chi connectivity index (χ3n) is 4.26. The normalized spacial score (nSPS) is 16.5. The molecule has 6 heteroatoms. The Balaban J connectivity index is 2.05. The van der Waals surface area contributed by atoms with Gasteiger partial charge in [0, 0.05) is 23.2 Å². The van der Waals surface area contributed by atoms with Crippen LogP contribution < -0.4 is 5.73 Å². The Labute approximate surface area is 132 Å². The van der Waals surface area contributed by atoms with Crippen molar-refractivity contribution in [3.63, 3.8) is 0 Å². The van der Waals surface area contributed by atoms with Crippen molar-refractivity contribution in [3.05, 3.63) is 41.6 Å². The van der Waals surface area contributed by atoms with Crippen LogP contribution in [0, 0.1) is 0 Å². The van der Waals surface area contributed by atoms with Crippen LogP contribution in [0.25, 0.3) is 11.4 Å². The highest BCUT2D eigenvalue weighted by molar-refractivity contribution is 5.62. The van der Waals surface area contributed by atoms with E-state index in [1.165, 1.54) is 18.6 Å². The first-order valence-electron chi connectivity index (χ1n) is 7.76. The molecule has 2 N–H and O–H groups in total. The number of hydrogen-bond donors (Lipinski definition) is 1. The molecule has 0 spiro atoms. The number of nitrogen functional groups attached to an aromatic ring is 1. The van der Waals surface area contributed by atoms with Gasteiger partial charge in [0.2, 0.25) is 0 Å². The van der Waals surface area contributed by atoms with Crippen molar-refractivity contribution in [2.75, 3.05) is 5.73 Å². The van der Waals surface area contributed by atoms with Gasteiger partial charge in [0.25, 0.3) is 0 Å². The lowest BCUT2D eigenvalue weighted by Crippen LogP contribution is -2.11. The zero-order valence-corrected chi connectivity index (χ0v) is 12.6. The SMILES string of the molecule is Nc1cc(C2CCCCC2)nc(-c2ccccc2C(F)(F)F)n1. The van der Waals surface area contributed by atoms with Crippen LogP contribution in [-0.2, 0) is 6.18 Å². The molecule has 1 fully saturated rings. The lowest BCUT2D eigenvalue weighted by atomic mass is 9.87. The number of anilines is 1. The second kappa shape index (κ2) is 6.18. The van der Waals surface area contributed by atoms with Gasteiger partial charge < -0.3 is 5.73 Å². The quantitative estimate of drug-likeness (QED) is 0.865. The predicted octanol–water partition coefficient (Wildman–Crippen LogP) is 4.79. The van der Waals surface area contributed by atoms with Crippen LogP contribution in [0.1, 0.15) is 49.3 Å². The number of alkyl halides is 3. The van der Waals surface area contributed by atoms with Crippen LogP contribution in [0.15, 0.2) is 30.3 Å². The van der Waals surface area contributed by atoms with Gasteiger partial charge in [0.05, 0.1) is 5.56 Å². The van der Waals surface area contributed by atoms with Crippen LogP contribution in [0.3, 0.4) is 0 Å². The lowest BCUT2D eigenvalue weighted by Gasteiger charge is -2.22. The van der Waals surface area contributed by atoms with Crippen LogP contribution in [0.2, 0.25) is 0 Å². The van der Waals surface area contributed by atoms with E-state index >= 15 is 0 Å². The molecule has 0 amide bonds. The van der Waals surface area contributed by atoms with Crippen molar-refractivity contribution in [1.29, 1.82) is 0 Å². The van der Waals surface area contributed by atoms with Crippen LogP contribution >= 0.6 is 0 Å². The molecule has 1 aromatic carbocycles. The zero-order valence-electron chi connectivity index (χ0n) is 12.6. The molecule has 0 unspecified atom stereocenters. The highest BCUT2D eigenvalue weighted by Gasteiger charge is 2.34. The van der Waals surface area contributed by atoms with E-state index in [9.17, 15) is 13.2 Å². The second-order valence-corrected chi connectivity index (χ2v) is 5.92. The number of benzene rings is 1. The number of aromatic nitrogens is 2. The number of nitrogens with zero attached hydrogens (tertiary/aromatic N) is 2. The fraction of sp³-hybridized carbons (Fsp3) is 0.412. The summed E-state index contributed by atoms with van der Waals surface area (Å²) in [6.45, 7) is 0. The Morgan fingerprint density at radius 2 is 1.70 bits per heavy atom. The standard InChI is InChI=1S/C17H18F3N3/c18-17(19,20)13-9-5-4-8-12(13)16-22-14(10-15(21)23-16)11-6-2-1-3-7-11/h4-5,8-11H,1-3,6-7H2,(H2,21,22,23). The molecule has 0 bridgehead atoms. The van der Waals surface area contributed by atoms with E-state index in [0.29, 0.717) is 0 Å². The topological polar surface area (TPSA) is 51.8 Å². The minimum Gasteiger partial charge on any atom is -0.384 e. The third-order valence-corrected chi connectivity index (χ3v) is 4.26.